The number of hydrogen-bond donors (Lipinski definition) is 1. The third kappa shape index (κ3) is 3.73. The van der Waals surface area contributed by atoms with Crippen molar-refractivity contribution in [3.8, 4) is 0 Å². The average molecular weight is 238 g/mol. The fraction of sp³-hybridized carbons (Fsp3) is 0.538. The summed E-state index contributed by atoms with van der Waals surface area (Å²) in [5, 5.41) is 8.74. The lowest BCUT2D eigenvalue weighted by Crippen LogP contribution is -2.10. The molecule has 1 heterocycles. The van der Waals surface area contributed by atoms with Crippen molar-refractivity contribution in [2.24, 2.45) is 0 Å². The van der Waals surface area contributed by atoms with Crippen LogP contribution in [0.2, 0.25) is 0 Å². The number of carbonyl (C=O) groups is 2. The molecule has 1 N–H and O–H groups in total. The summed E-state index contributed by atoms with van der Waals surface area (Å²) in [4.78, 5) is 22.1. The number of cyclic esters (lactones) is 1. The number of hydrogen-bond acceptors (Lipinski definition) is 3. The number of unbranched alkanes of at least 4 members (excludes halogenated alkanes) is 3. The van der Waals surface area contributed by atoms with Gasteiger partial charge in [0.1, 0.15) is 6.10 Å². The second kappa shape index (κ2) is 6.23. The first kappa shape index (κ1) is 13.5. The van der Waals surface area contributed by atoms with Crippen molar-refractivity contribution in [3.05, 3.63) is 23.8 Å². The fourth-order valence-electron chi connectivity index (χ4n) is 1.74. The van der Waals surface area contributed by atoms with Gasteiger partial charge < -0.3 is 9.84 Å². The van der Waals surface area contributed by atoms with Crippen molar-refractivity contribution in [1.29, 1.82) is 0 Å². The molecule has 17 heavy (non-hydrogen) atoms. The molecule has 0 aromatic rings. The summed E-state index contributed by atoms with van der Waals surface area (Å²) in [7, 11) is 0. The second-order valence-corrected chi connectivity index (χ2v) is 4.16. The number of esters is 1. The Morgan fingerprint density at radius 2 is 2.18 bits per heavy atom. The van der Waals surface area contributed by atoms with Gasteiger partial charge in [0.25, 0.3) is 0 Å². The van der Waals surface area contributed by atoms with Crippen molar-refractivity contribution in [2.45, 2.75) is 45.1 Å². The monoisotopic (exact) mass is 238 g/mol. The van der Waals surface area contributed by atoms with Gasteiger partial charge in [-0.15, -0.1) is 0 Å². The standard InChI is InChI=1S/C13H18O4/c1-3-4-5-6-7-10-8-11(13(16)17-10)9(2)12(14)15/h8,10H,2-7H2,1H3,(H,14,15). The lowest BCUT2D eigenvalue weighted by atomic mass is 10.1. The van der Waals surface area contributed by atoms with Gasteiger partial charge in [0.2, 0.25) is 0 Å². The van der Waals surface area contributed by atoms with E-state index in [1.54, 1.807) is 6.08 Å². The highest BCUT2D eigenvalue weighted by Crippen LogP contribution is 2.23. The van der Waals surface area contributed by atoms with Crippen LogP contribution in [0.4, 0.5) is 0 Å². The minimum absolute atomic E-state index is 0.0954. The summed E-state index contributed by atoms with van der Waals surface area (Å²) in [5.41, 5.74) is -0.0935. The molecule has 0 aromatic carbocycles. The minimum atomic E-state index is -1.18. The molecule has 94 valence electrons. The Bertz CT molecular complexity index is 354. The Balaban J connectivity index is 2.48. The number of ether oxygens (including phenoxy) is 1. The summed E-state index contributed by atoms with van der Waals surface area (Å²) in [5.74, 6) is -1.75. The lowest BCUT2D eigenvalue weighted by molar-refractivity contribution is -0.141. The molecule has 0 amide bonds. The summed E-state index contributed by atoms with van der Waals surface area (Å²) in [6.45, 7) is 5.49. The van der Waals surface area contributed by atoms with E-state index in [0.29, 0.717) is 0 Å². The smallest absolute Gasteiger partial charge is 0.339 e. The zero-order valence-corrected chi connectivity index (χ0v) is 10.1. The third-order valence-electron chi connectivity index (χ3n) is 2.76. The molecule has 1 aliphatic rings. The number of rotatable bonds is 7. The van der Waals surface area contributed by atoms with Gasteiger partial charge in [0.15, 0.2) is 0 Å². The van der Waals surface area contributed by atoms with Crippen LogP contribution in [0.5, 0.6) is 0 Å². The summed E-state index contributed by atoms with van der Waals surface area (Å²) in [6.07, 6.45) is 6.45. The van der Waals surface area contributed by atoms with E-state index in [0.717, 1.165) is 25.7 Å². The van der Waals surface area contributed by atoms with Crippen LogP contribution in [0.3, 0.4) is 0 Å². The van der Waals surface area contributed by atoms with E-state index in [1.165, 1.54) is 6.42 Å². The van der Waals surface area contributed by atoms with Crippen molar-refractivity contribution in [2.75, 3.05) is 0 Å². The molecule has 0 spiro atoms. The Morgan fingerprint density at radius 1 is 1.47 bits per heavy atom. The van der Waals surface area contributed by atoms with Crippen LogP contribution in [-0.4, -0.2) is 23.1 Å². The number of carboxylic acids is 1. The van der Waals surface area contributed by atoms with E-state index in [9.17, 15) is 9.59 Å². The van der Waals surface area contributed by atoms with Crippen LogP contribution in [0, 0.1) is 0 Å². The maximum absolute atomic E-state index is 11.4. The van der Waals surface area contributed by atoms with E-state index >= 15 is 0 Å². The normalized spacial score (nSPS) is 18.8. The Hall–Kier alpha value is -1.58. The highest BCUT2D eigenvalue weighted by atomic mass is 16.5. The fourth-order valence-corrected chi connectivity index (χ4v) is 1.74. The molecule has 0 saturated heterocycles. The van der Waals surface area contributed by atoms with Crippen molar-refractivity contribution in [3.63, 3.8) is 0 Å². The van der Waals surface area contributed by atoms with Gasteiger partial charge >= 0.3 is 11.9 Å². The zero-order valence-electron chi connectivity index (χ0n) is 10.1. The highest BCUT2D eigenvalue weighted by molar-refractivity contribution is 6.07. The van der Waals surface area contributed by atoms with Crippen molar-refractivity contribution >= 4 is 11.9 Å². The Labute approximate surface area is 101 Å². The van der Waals surface area contributed by atoms with Crippen LogP contribution in [0.25, 0.3) is 0 Å². The lowest BCUT2D eigenvalue weighted by Gasteiger charge is -2.06. The number of carbonyl (C=O) groups excluding carboxylic acids is 1. The average Bonchev–Trinajstić information content (AvgIpc) is 2.65. The molecular weight excluding hydrogens is 220 g/mol. The zero-order chi connectivity index (χ0) is 12.8. The van der Waals surface area contributed by atoms with Crippen LogP contribution in [0.15, 0.2) is 23.8 Å². The van der Waals surface area contributed by atoms with Gasteiger partial charge in [-0.25, -0.2) is 9.59 Å². The summed E-state index contributed by atoms with van der Waals surface area (Å²) >= 11 is 0. The first-order chi connectivity index (χ1) is 8.06. The summed E-state index contributed by atoms with van der Waals surface area (Å²) in [6, 6.07) is 0. The largest absolute Gasteiger partial charge is 0.478 e. The predicted octanol–water partition coefficient (Wildman–Crippen LogP) is 2.45. The molecule has 1 rings (SSSR count). The molecule has 0 fully saturated rings. The number of aliphatic carboxylic acids is 1. The second-order valence-electron chi connectivity index (χ2n) is 4.16. The first-order valence-corrected chi connectivity index (χ1v) is 5.91. The SMILES string of the molecule is C=C(C(=O)O)C1=CC(CCCCCC)OC1=O. The van der Waals surface area contributed by atoms with Gasteiger partial charge in [-0.3, -0.25) is 0 Å². The van der Waals surface area contributed by atoms with Crippen LogP contribution in [-0.2, 0) is 14.3 Å². The van der Waals surface area contributed by atoms with E-state index in [-0.39, 0.29) is 17.3 Å². The molecule has 0 aliphatic carbocycles. The predicted molar refractivity (Wildman–Crippen MR) is 63.5 cm³/mol. The molecule has 4 heteroatoms. The Kier molecular flexibility index (Phi) is 4.94. The molecule has 0 radical (unpaired) electrons. The molecule has 1 atom stereocenters. The van der Waals surface area contributed by atoms with Gasteiger partial charge in [0, 0.05) is 0 Å². The quantitative estimate of drug-likeness (QED) is 0.420. The third-order valence-corrected chi connectivity index (χ3v) is 2.76. The molecule has 0 saturated carbocycles. The van der Waals surface area contributed by atoms with Gasteiger partial charge in [0.05, 0.1) is 11.1 Å². The first-order valence-electron chi connectivity index (χ1n) is 5.91. The van der Waals surface area contributed by atoms with Crippen molar-refractivity contribution in [1.82, 2.24) is 0 Å². The number of carboxylic acid groups (broad SMARTS) is 1. The van der Waals surface area contributed by atoms with Gasteiger partial charge in [-0.1, -0.05) is 32.8 Å². The van der Waals surface area contributed by atoms with E-state index in [1.807, 2.05) is 0 Å². The van der Waals surface area contributed by atoms with Gasteiger partial charge in [-0.05, 0) is 18.9 Å². The van der Waals surface area contributed by atoms with Crippen LogP contribution >= 0.6 is 0 Å². The topological polar surface area (TPSA) is 63.6 Å². The van der Waals surface area contributed by atoms with Crippen LogP contribution < -0.4 is 0 Å². The molecule has 0 bridgehead atoms. The van der Waals surface area contributed by atoms with E-state index < -0.39 is 11.9 Å². The Morgan fingerprint density at radius 3 is 2.76 bits per heavy atom. The minimum Gasteiger partial charge on any atom is -0.478 e. The van der Waals surface area contributed by atoms with Crippen molar-refractivity contribution < 1.29 is 19.4 Å². The van der Waals surface area contributed by atoms with E-state index in [4.69, 9.17) is 9.84 Å². The molecule has 1 aliphatic heterocycles. The van der Waals surface area contributed by atoms with Gasteiger partial charge in [-0.2, -0.15) is 0 Å². The summed E-state index contributed by atoms with van der Waals surface area (Å²) < 4.78 is 5.07. The van der Waals surface area contributed by atoms with Crippen LogP contribution in [0.1, 0.15) is 39.0 Å². The maximum Gasteiger partial charge on any atom is 0.339 e. The highest BCUT2D eigenvalue weighted by Gasteiger charge is 2.29. The molecule has 4 nitrogen and oxygen atoms in total. The maximum atomic E-state index is 11.4. The van der Waals surface area contributed by atoms with E-state index in [2.05, 4.69) is 13.5 Å². The molecule has 1 unspecified atom stereocenters. The molecular formula is C13H18O4. The molecule has 0 aromatic heterocycles.